The summed E-state index contributed by atoms with van der Waals surface area (Å²) < 4.78 is 0. The minimum absolute atomic E-state index is 0. The van der Waals surface area contributed by atoms with Crippen LogP contribution in [0, 0.1) is 5.92 Å². The van der Waals surface area contributed by atoms with E-state index in [1.807, 2.05) is 13.8 Å². The Morgan fingerprint density at radius 3 is 1.96 bits per heavy atom. The number of hydrogen-bond acceptors (Lipinski definition) is 5. The number of hydrogen-bond donors (Lipinski definition) is 4. The number of likely N-dealkylation sites (N-methyl/N-ethyl adjacent to an activating group) is 1. The Morgan fingerprint density at radius 1 is 1.04 bits per heavy atom. The molecule has 9 heteroatoms. The number of imidazole rings is 2. The molecule has 2 rings (SSSR count). The predicted octanol–water partition coefficient (Wildman–Crippen LogP) is 1.24. The van der Waals surface area contributed by atoms with Gasteiger partial charge in [-0.15, -0.1) is 0 Å². The SMILES string of the molecule is CCC(=O)[C@H](Cc1ncc[nH]1)NC.CCC(Cc1ncc[nH]1)C(=O)NC.[Zn]. The monoisotopic (exact) mass is 426 g/mol. The number of nitrogens with one attached hydrogen (secondary N) is 4. The number of carbonyl (C=O) groups is 2. The minimum atomic E-state index is -0.115. The van der Waals surface area contributed by atoms with E-state index in [1.165, 1.54) is 0 Å². The molecule has 0 spiro atoms. The standard InChI is InChI=1S/2C9H15N3O.Zn/c1-3-8(13)7(10-2)6-9-11-4-5-12-9;1-3-7(9(13)10-2)6-8-11-4-5-12-8;/h4-5,7,10H,3,6H2,1-2H3,(H,11,12);4-5,7H,3,6H2,1-2H3,(H,10,13)(H,11,12);/t7-;;/m0../s1. The molecule has 0 bridgehead atoms. The summed E-state index contributed by atoms with van der Waals surface area (Å²) in [5, 5.41) is 5.63. The number of rotatable bonds is 9. The van der Waals surface area contributed by atoms with Crippen LogP contribution in [0.15, 0.2) is 24.8 Å². The molecule has 2 aromatic heterocycles. The summed E-state index contributed by atoms with van der Waals surface area (Å²) >= 11 is 0. The van der Waals surface area contributed by atoms with E-state index in [1.54, 1.807) is 38.9 Å². The fraction of sp³-hybridized carbons (Fsp3) is 0.556. The summed E-state index contributed by atoms with van der Waals surface area (Å²) in [5.41, 5.74) is 0. The second-order valence-corrected chi connectivity index (χ2v) is 5.86. The number of aromatic amines is 2. The second kappa shape index (κ2) is 14.2. The molecule has 0 saturated heterocycles. The van der Waals surface area contributed by atoms with E-state index in [4.69, 9.17) is 0 Å². The first-order valence-electron chi connectivity index (χ1n) is 8.93. The third-order valence-corrected chi connectivity index (χ3v) is 4.14. The summed E-state index contributed by atoms with van der Waals surface area (Å²) in [6.45, 7) is 3.87. The Labute approximate surface area is 173 Å². The minimum Gasteiger partial charge on any atom is -0.359 e. The fourth-order valence-electron chi connectivity index (χ4n) is 2.50. The van der Waals surface area contributed by atoms with Gasteiger partial charge in [0.1, 0.15) is 17.4 Å². The van der Waals surface area contributed by atoms with Crippen LogP contribution in [0.2, 0.25) is 0 Å². The zero-order chi connectivity index (χ0) is 19.4. The Hall–Kier alpha value is -1.86. The van der Waals surface area contributed by atoms with Crippen LogP contribution in [0.3, 0.4) is 0 Å². The molecule has 0 radical (unpaired) electrons. The molecule has 27 heavy (non-hydrogen) atoms. The van der Waals surface area contributed by atoms with Crippen molar-refractivity contribution in [2.75, 3.05) is 14.1 Å². The van der Waals surface area contributed by atoms with E-state index in [9.17, 15) is 9.59 Å². The van der Waals surface area contributed by atoms with Crippen LogP contribution >= 0.6 is 0 Å². The summed E-state index contributed by atoms with van der Waals surface area (Å²) in [4.78, 5) is 36.8. The van der Waals surface area contributed by atoms with Gasteiger partial charge in [-0.1, -0.05) is 13.8 Å². The molecule has 1 amide bonds. The Morgan fingerprint density at radius 2 is 1.59 bits per heavy atom. The maximum absolute atomic E-state index is 11.4. The molecule has 2 heterocycles. The topological polar surface area (TPSA) is 116 Å². The van der Waals surface area contributed by atoms with E-state index >= 15 is 0 Å². The first-order valence-corrected chi connectivity index (χ1v) is 8.93. The molecule has 146 valence electrons. The maximum Gasteiger partial charge on any atom is 0.223 e. The first-order chi connectivity index (χ1) is 12.5. The normalized spacial score (nSPS) is 12.1. The molecule has 0 aliphatic heterocycles. The van der Waals surface area contributed by atoms with Gasteiger partial charge in [0.05, 0.1) is 6.04 Å². The smallest absolute Gasteiger partial charge is 0.223 e. The van der Waals surface area contributed by atoms with Crippen LogP contribution in [0.1, 0.15) is 38.3 Å². The van der Waals surface area contributed by atoms with Crippen LogP contribution in [0.4, 0.5) is 0 Å². The van der Waals surface area contributed by atoms with Gasteiger partial charge in [0.15, 0.2) is 0 Å². The number of amides is 1. The number of Topliss-reactive ketones (excluding diaryl/α,β-unsaturated/α-hetero) is 1. The van der Waals surface area contributed by atoms with E-state index in [2.05, 4.69) is 30.6 Å². The maximum atomic E-state index is 11.4. The van der Waals surface area contributed by atoms with E-state index in [0.717, 1.165) is 18.1 Å². The quantitative estimate of drug-likeness (QED) is 0.449. The Bertz CT molecular complexity index is 574. The third kappa shape index (κ3) is 9.06. The van der Waals surface area contributed by atoms with Gasteiger partial charge < -0.3 is 20.6 Å². The van der Waals surface area contributed by atoms with Crippen molar-refractivity contribution in [3.05, 3.63) is 36.4 Å². The molecule has 4 N–H and O–H groups in total. The van der Waals surface area contributed by atoms with Crippen molar-refractivity contribution in [2.45, 2.75) is 45.6 Å². The zero-order valence-electron chi connectivity index (χ0n) is 16.7. The number of ketones is 1. The number of H-pyrrole nitrogens is 2. The van der Waals surface area contributed by atoms with E-state index < -0.39 is 0 Å². The van der Waals surface area contributed by atoms with Gasteiger partial charge in [0.25, 0.3) is 0 Å². The second-order valence-electron chi connectivity index (χ2n) is 5.86. The molecule has 0 aliphatic rings. The van der Waals surface area contributed by atoms with Crippen LogP contribution in [-0.2, 0) is 41.9 Å². The van der Waals surface area contributed by atoms with Crippen molar-refractivity contribution in [1.29, 1.82) is 0 Å². The Balaban J connectivity index is 0.000000483. The molecule has 2 atom stereocenters. The van der Waals surface area contributed by atoms with E-state index in [0.29, 0.717) is 19.3 Å². The Kier molecular flexibility index (Phi) is 13.3. The van der Waals surface area contributed by atoms with Crippen molar-refractivity contribution in [1.82, 2.24) is 30.6 Å². The van der Waals surface area contributed by atoms with Crippen molar-refractivity contribution in [3.8, 4) is 0 Å². The molecule has 1 unspecified atom stereocenters. The molecule has 2 aromatic rings. The van der Waals surface area contributed by atoms with Crippen LogP contribution in [0.5, 0.6) is 0 Å². The summed E-state index contributed by atoms with van der Waals surface area (Å²) in [5.74, 6) is 2.05. The van der Waals surface area contributed by atoms with Crippen LogP contribution in [-0.4, -0.2) is 51.8 Å². The largest absolute Gasteiger partial charge is 0.359 e. The van der Waals surface area contributed by atoms with Gasteiger partial charge in [0.2, 0.25) is 5.91 Å². The number of nitrogens with zero attached hydrogens (tertiary/aromatic N) is 2. The number of carbonyl (C=O) groups excluding carboxylic acids is 2. The molecule has 0 saturated carbocycles. The third-order valence-electron chi connectivity index (χ3n) is 4.14. The van der Waals surface area contributed by atoms with Crippen LogP contribution in [0.25, 0.3) is 0 Å². The van der Waals surface area contributed by atoms with Gasteiger partial charge >= 0.3 is 0 Å². The molecule has 8 nitrogen and oxygen atoms in total. The molecular weight excluding hydrogens is 398 g/mol. The molecule has 0 fully saturated rings. The molecular formula is C18H30N6O2Zn. The van der Waals surface area contributed by atoms with Gasteiger partial charge in [-0.25, -0.2) is 9.97 Å². The van der Waals surface area contributed by atoms with E-state index in [-0.39, 0.29) is 43.1 Å². The summed E-state index contributed by atoms with van der Waals surface area (Å²) in [6.07, 6.45) is 9.64. The van der Waals surface area contributed by atoms with Gasteiger partial charge in [-0.2, -0.15) is 0 Å². The first kappa shape index (κ1) is 25.1. The van der Waals surface area contributed by atoms with Crippen molar-refractivity contribution in [2.24, 2.45) is 5.92 Å². The fourth-order valence-corrected chi connectivity index (χ4v) is 2.50. The van der Waals surface area contributed by atoms with Crippen molar-refractivity contribution < 1.29 is 29.1 Å². The summed E-state index contributed by atoms with van der Waals surface area (Å²) in [7, 11) is 3.45. The summed E-state index contributed by atoms with van der Waals surface area (Å²) in [6, 6.07) is -0.115. The average Bonchev–Trinajstić information content (AvgIpc) is 3.37. The van der Waals surface area contributed by atoms with Crippen LogP contribution < -0.4 is 10.6 Å². The predicted molar refractivity (Wildman–Crippen MR) is 101 cm³/mol. The molecule has 0 aromatic carbocycles. The average molecular weight is 428 g/mol. The van der Waals surface area contributed by atoms with Gasteiger partial charge in [0, 0.05) is 76.5 Å². The zero-order valence-corrected chi connectivity index (χ0v) is 19.7. The van der Waals surface area contributed by atoms with Crippen molar-refractivity contribution >= 4 is 11.7 Å². The van der Waals surface area contributed by atoms with Gasteiger partial charge in [-0.05, 0) is 13.5 Å². The van der Waals surface area contributed by atoms with Gasteiger partial charge in [-0.3, -0.25) is 9.59 Å². The molecule has 0 aliphatic carbocycles. The van der Waals surface area contributed by atoms with Crippen molar-refractivity contribution in [3.63, 3.8) is 0 Å². The number of aromatic nitrogens is 4.